The van der Waals surface area contributed by atoms with Crippen molar-refractivity contribution in [1.82, 2.24) is 9.80 Å². The van der Waals surface area contributed by atoms with E-state index in [1.54, 1.807) is 24.3 Å². The van der Waals surface area contributed by atoms with Gasteiger partial charge in [0.25, 0.3) is 5.91 Å². The number of piperidine rings is 1. The lowest BCUT2D eigenvalue weighted by atomic mass is 10.1. The van der Waals surface area contributed by atoms with Crippen molar-refractivity contribution in [3.05, 3.63) is 89.5 Å². The maximum absolute atomic E-state index is 12.8. The van der Waals surface area contributed by atoms with Crippen LogP contribution in [0.15, 0.2) is 77.8 Å². The number of piperazine rings is 1. The molecular formula is C31H38N6O2. The number of carbonyl (C=O) groups is 1. The molecule has 1 unspecified atom stereocenters. The normalized spacial score (nSPS) is 19.2. The van der Waals surface area contributed by atoms with Gasteiger partial charge >= 0.3 is 0 Å². The number of likely N-dealkylation sites (N-methyl/N-ethyl adjacent to an activating group) is 1. The number of anilines is 2. The van der Waals surface area contributed by atoms with Gasteiger partial charge in [0.2, 0.25) is 0 Å². The van der Waals surface area contributed by atoms with Crippen molar-refractivity contribution in [2.24, 2.45) is 10.7 Å². The van der Waals surface area contributed by atoms with E-state index in [0.717, 1.165) is 64.3 Å². The van der Waals surface area contributed by atoms with Crippen LogP contribution in [-0.2, 0) is 6.54 Å². The van der Waals surface area contributed by atoms with E-state index >= 15 is 0 Å². The maximum Gasteiger partial charge on any atom is 0.278 e. The number of amidine groups is 1. The lowest BCUT2D eigenvalue weighted by Gasteiger charge is -2.34. The molecular weight excluding hydrogens is 488 g/mol. The molecule has 39 heavy (non-hydrogen) atoms. The first kappa shape index (κ1) is 26.7. The summed E-state index contributed by atoms with van der Waals surface area (Å²) in [7, 11) is 2.13. The van der Waals surface area contributed by atoms with Gasteiger partial charge in [-0.15, -0.1) is 0 Å². The summed E-state index contributed by atoms with van der Waals surface area (Å²) in [6, 6.07) is 23.4. The van der Waals surface area contributed by atoms with Gasteiger partial charge in [-0.3, -0.25) is 9.69 Å². The standard InChI is InChI=1S/C31H38N6O2/c1-35-16-18-37(19-17-35)25-11-9-24(10-12-25)31(38)34-30(33)28-14-13-26(20-29(28)32)39-27-8-5-15-36(22-27)21-23-6-3-2-4-7-23/h2-4,6-7,9-14,20,27H,5,8,15-19,21-22,32H2,1H3,(H2,33,34,38). The molecule has 0 spiro atoms. The van der Waals surface area contributed by atoms with E-state index in [9.17, 15) is 4.79 Å². The lowest BCUT2D eigenvalue weighted by Crippen LogP contribution is -2.44. The zero-order valence-electron chi connectivity index (χ0n) is 22.6. The number of amides is 1. The highest BCUT2D eigenvalue weighted by Crippen LogP contribution is 2.24. The molecule has 2 aliphatic rings. The predicted molar refractivity (Wildman–Crippen MR) is 157 cm³/mol. The molecule has 2 saturated heterocycles. The Hall–Kier alpha value is -3.88. The van der Waals surface area contributed by atoms with Crippen LogP contribution in [-0.4, -0.2) is 74.0 Å². The largest absolute Gasteiger partial charge is 0.489 e. The Morgan fingerprint density at radius 2 is 1.72 bits per heavy atom. The topological polar surface area (TPSA) is 100 Å². The van der Waals surface area contributed by atoms with Crippen LogP contribution in [0.3, 0.4) is 0 Å². The Morgan fingerprint density at radius 3 is 2.44 bits per heavy atom. The molecule has 1 atom stereocenters. The highest BCUT2D eigenvalue weighted by atomic mass is 16.5. The first-order valence-corrected chi connectivity index (χ1v) is 13.7. The summed E-state index contributed by atoms with van der Waals surface area (Å²) in [5.41, 5.74) is 16.4. The number of nitrogens with two attached hydrogens (primary N) is 2. The summed E-state index contributed by atoms with van der Waals surface area (Å²) < 4.78 is 6.28. The second kappa shape index (κ2) is 12.3. The third-order valence-corrected chi connectivity index (χ3v) is 7.52. The number of hydrogen-bond donors (Lipinski definition) is 2. The molecule has 1 amide bonds. The van der Waals surface area contributed by atoms with Crippen molar-refractivity contribution in [3.8, 4) is 5.75 Å². The fraction of sp³-hybridized carbons (Fsp3) is 0.355. The Labute approximate surface area is 230 Å². The van der Waals surface area contributed by atoms with E-state index in [2.05, 4.69) is 51.0 Å². The molecule has 2 heterocycles. The number of carbonyl (C=O) groups excluding carboxylic acids is 1. The van der Waals surface area contributed by atoms with Crippen LogP contribution < -0.4 is 21.1 Å². The van der Waals surface area contributed by atoms with E-state index in [4.69, 9.17) is 16.2 Å². The highest BCUT2D eigenvalue weighted by molar-refractivity contribution is 6.11. The number of nitrogen functional groups attached to an aromatic ring is 1. The first-order chi connectivity index (χ1) is 18.9. The molecule has 5 rings (SSSR count). The molecule has 8 nitrogen and oxygen atoms in total. The zero-order valence-corrected chi connectivity index (χ0v) is 22.6. The minimum absolute atomic E-state index is 0.0918. The summed E-state index contributed by atoms with van der Waals surface area (Å²) in [6.07, 6.45) is 2.18. The van der Waals surface area contributed by atoms with Crippen molar-refractivity contribution in [1.29, 1.82) is 0 Å². The smallest absolute Gasteiger partial charge is 0.278 e. The molecule has 3 aromatic rings. The van der Waals surface area contributed by atoms with Gasteiger partial charge in [0.15, 0.2) is 0 Å². The Morgan fingerprint density at radius 1 is 0.974 bits per heavy atom. The second-order valence-corrected chi connectivity index (χ2v) is 10.5. The average Bonchev–Trinajstić information content (AvgIpc) is 2.94. The summed E-state index contributed by atoms with van der Waals surface area (Å²) in [6.45, 7) is 6.85. The number of ether oxygens (including phenoxy) is 1. The average molecular weight is 527 g/mol. The number of likely N-dealkylation sites (tertiary alicyclic amines) is 1. The van der Waals surface area contributed by atoms with E-state index in [1.807, 2.05) is 24.3 Å². The van der Waals surface area contributed by atoms with E-state index in [1.165, 1.54) is 5.56 Å². The maximum atomic E-state index is 12.8. The first-order valence-electron chi connectivity index (χ1n) is 13.7. The van der Waals surface area contributed by atoms with Crippen molar-refractivity contribution < 1.29 is 9.53 Å². The van der Waals surface area contributed by atoms with Crippen molar-refractivity contribution in [3.63, 3.8) is 0 Å². The number of hydrogen-bond acceptors (Lipinski definition) is 6. The third kappa shape index (κ3) is 6.96. The molecule has 0 aromatic heterocycles. The van der Waals surface area contributed by atoms with Crippen LogP contribution in [0.2, 0.25) is 0 Å². The molecule has 204 valence electrons. The molecule has 0 saturated carbocycles. The van der Waals surface area contributed by atoms with Crippen LogP contribution >= 0.6 is 0 Å². The molecule has 2 aliphatic heterocycles. The summed E-state index contributed by atoms with van der Waals surface area (Å²) in [5.74, 6) is 0.401. The summed E-state index contributed by atoms with van der Waals surface area (Å²) in [5, 5.41) is 0. The van der Waals surface area contributed by atoms with Gasteiger partial charge in [-0.2, -0.15) is 4.99 Å². The Balaban J connectivity index is 1.19. The number of rotatable bonds is 7. The molecule has 8 heteroatoms. The fourth-order valence-corrected chi connectivity index (χ4v) is 5.25. The van der Waals surface area contributed by atoms with Gasteiger partial charge in [-0.1, -0.05) is 30.3 Å². The van der Waals surface area contributed by atoms with Gasteiger partial charge in [-0.05, 0) is 68.4 Å². The quantitative estimate of drug-likeness (QED) is 0.276. The van der Waals surface area contributed by atoms with Gasteiger partial charge in [-0.25, -0.2) is 0 Å². The van der Waals surface area contributed by atoms with Crippen molar-refractivity contribution in [2.45, 2.75) is 25.5 Å². The van der Waals surface area contributed by atoms with Crippen LogP contribution in [0.1, 0.15) is 34.3 Å². The Kier molecular flexibility index (Phi) is 8.44. The monoisotopic (exact) mass is 526 g/mol. The predicted octanol–water partition coefficient (Wildman–Crippen LogP) is 3.61. The Bertz CT molecular complexity index is 1290. The summed E-state index contributed by atoms with van der Waals surface area (Å²) >= 11 is 0. The van der Waals surface area contributed by atoms with Crippen LogP contribution in [0.5, 0.6) is 5.75 Å². The molecule has 3 aromatic carbocycles. The van der Waals surface area contributed by atoms with Gasteiger partial charge in [0, 0.05) is 67.8 Å². The van der Waals surface area contributed by atoms with Gasteiger partial charge in [0.05, 0.1) is 0 Å². The van der Waals surface area contributed by atoms with Crippen molar-refractivity contribution >= 4 is 23.1 Å². The number of nitrogens with zero attached hydrogens (tertiary/aromatic N) is 4. The summed E-state index contributed by atoms with van der Waals surface area (Å²) in [4.78, 5) is 24.0. The number of aliphatic imine (C=N–C) groups is 1. The molecule has 2 fully saturated rings. The fourth-order valence-electron chi connectivity index (χ4n) is 5.25. The van der Waals surface area contributed by atoms with E-state index < -0.39 is 5.91 Å². The zero-order chi connectivity index (χ0) is 27.2. The van der Waals surface area contributed by atoms with Crippen LogP contribution in [0.25, 0.3) is 0 Å². The minimum atomic E-state index is -0.391. The molecule has 4 N–H and O–H groups in total. The lowest BCUT2D eigenvalue weighted by molar-refractivity contribution is 0.0843. The van der Waals surface area contributed by atoms with Gasteiger partial charge in [0.1, 0.15) is 17.7 Å². The second-order valence-electron chi connectivity index (χ2n) is 10.5. The third-order valence-electron chi connectivity index (χ3n) is 7.52. The number of benzene rings is 3. The SMILES string of the molecule is CN1CCN(c2ccc(C(=O)N=C(N)c3ccc(OC4CCCN(Cc5ccccc5)C4)cc3N)cc2)CC1. The van der Waals surface area contributed by atoms with Crippen molar-refractivity contribution in [2.75, 3.05) is 56.9 Å². The van der Waals surface area contributed by atoms with E-state index in [0.29, 0.717) is 22.6 Å². The van der Waals surface area contributed by atoms with E-state index in [-0.39, 0.29) is 11.9 Å². The minimum Gasteiger partial charge on any atom is -0.489 e. The molecule has 0 bridgehead atoms. The van der Waals surface area contributed by atoms with Crippen LogP contribution in [0.4, 0.5) is 11.4 Å². The van der Waals surface area contributed by atoms with Crippen LogP contribution in [0, 0.1) is 0 Å². The molecule has 0 radical (unpaired) electrons. The highest BCUT2D eigenvalue weighted by Gasteiger charge is 2.22. The molecule has 0 aliphatic carbocycles. The van der Waals surface area contributed by atoms with Gasteiger partial charge < -0.3 is 26.0 Å².